The standard InChI is InChI=1S/C23H26ClN3O4/c1-30-20-9-5-6-17(23(20)31-2)10-11-22(29)27-14-12-26(13-15-27)16-21(28)25-19-8-4-3-7-18(19)24/h3-11H,12-16H2,1-2H3,(H,25,28)/b11-10+. The maximum atomic E-state index is 12.6. The first-order valence-corrected chi connectivity index (χ1v) is 10.3. The molecule has 1 N–H and O–H groups in total. The third kappa shape index (κ3) is 5.99. The van der Waals surface area contributed by atoms with Gasteiger partial charge in [0.1, 0.15) is 0 Å². The molecular weight excluding hydrogens is 418 g/mol. The maximum Gasteiger partial charge on any atom is 0.246 e. The molecule has 1 aliphatic rings. The van der Waals surface area contributed by atoms with Gasteiger partial charge in [0.25, 0.3) is 0 Å². The van der Waals surface area contributed by atoms with E-state index >= 15 is 0 Å². The van der Waals surface area contributed by atoms with Crippen molar-refractivity contribution in [1.82, 2.24) is 9.80 Å². The number of rotatable bonds is 7. The molecule has 0 radical (unpaired) electrons. The topological polar surface area (TPSA) is 71.1 Å². The van der Waals surface area contributed by atoms with Gasteiger partial charge in [-0.05, 0) is 24.3 Å². The molecule has 2 aromatic carbocycles. The molecule has 0 aliphatic carbocycles. The predicted molar refractivity (Wildman–Crippen MR) is 122 cm³/mol. The van der Waals surface area contributed by atoms with Crippen molar-refractivity contribution in [1.29, 1.82) is 0 Å². The van der Waals surface area contributed by atoms with E-state index in [4.69, 9.17) is 21.1 Å². The van der Waals surface area contributed by atoms with Crippen LogP contribution < -0.4 is 14.8 Å². The Morgan fingerprint density at radius 1 is 1.03 bits per heavy atom. The molecule has 2 aromatic rings. The highest BCUT2D eigenvalue weighted by atomic mass is 35.5. The predicted octanol–water partition coefficient (Wildman–Crippen LogP) is 3.15. The Balaban J connectivity index is 1.50. The lowest BCUT2D eigenvalue weighted by Gasteiger charge is -2.33. The van der Waals surface area contributed by atoms with E-state index in [1.165, 1.54) is 6.08 Å². The van der Waals surface area contributed by atoms with Crippen LogP contribution in [0.5, 0.6) is 11.5 Å². The second-order valence-corrected chi connectivity index (χ2v) is 7.45. The van der Waals surface area contributed by atoms with Gasteiger partial charge >= 0.3 is 0 Å². The molecular formula is C23H26ClN3O4. The molecule has 0 aromatic heterocycles. The Morgan fingerprint density at radius 3 is 2.45 bits per heavy atom. The van der Waals surface area contributed by atoms with E-state index in [9.17, 15) is 9.59 Å². The molecule has 2 amide bonds. The number of nitrogens with one attached hydrogen (secondary N) is 1. The van der Waals surface area contributed by atoms with Crippen LogP contribution in [0.25, 0.3) is 6.08 Å². The number of para-hydroxylation sites is 2. The number of carbonyl (C=O) groups excluding carboxylic acids is 2. The molecule has 164 valence electrons. The fourth-order valence-corrected chi connectivity index (χ4v) is 3.57. The number of anilines is 1. The number of carbonyl (C=O) groups is 2. The summed E-state index contributed by atoms with van der Waals surface area (Å²) in [6.07, 6.45) is 3.27. The molecule has 1 aliphatic heterocycles. The van der Waals surface area contributed by atoms with Crippen molar-refractivity contribution >= 4 is 35.2 Å². The molecule has 0 atom stereocenters. The number of halogens is 1. The lowest BCUT2D eigenvalue weighted by molar-refractivity contribution is -0.127. The first-order chi connectivity index (χ1) is 15.0. The Morgan fingerprint density at radius 2 is 1.77 bits per heavy atom. The van der Waals surface area contributed by atoms with Crippen molar-refractivity contribution in [2.24, 2.45) is 0 Å². The summed E-state index contributed by atoms with van der Waals surface area (Å²) >= 11 is 6.08. The van der Waals surface area contributed by atoms with E-state index in [2.05, 4.69) is 5.32 Å². The van der Waals surface area contributed by atoms with Crippen LogP contribution in [-0.4, -0.2) is 68.6 Å². The molecule has 31 heavy (non-hydrogen) atoms. The number of piperazine rings is 1. The van der Waals surface area contributed by atoms with Gasteiger partial charge in [-0.2, -0.15) is 0 Å². The van der Waals surface area contributed by atoms with Crippen molar-refractivity contribution in [3.63, 3.8) is 0 Å². The smallest absolute Gasteiger partial charge is 0.246 e. The van der Waals surface area contributed by atoms with Gasteiger partial charge in [0.15, 0.2) is 11.5 Å². The SMILES string of the molecule is COc1cccc(/C=C/C(=O)N2CCN(CC(=O)Nc3ccccc3Cl)CC2)c1OC. The van der Waals surface area contributed by atoms with E-state index < -0.39 is 0 Å². The second-order valence-electron chi connectivity index (χ2n) is 7.05. The van der Waals surface area contributed by atoms with Gasteiger partial charge < -0.3 is 19.7 Å². The lowest BCUT2D eigenvalue weighted by Crippen LogP contribution is -2.50. The number of hydrogen-bond donors (Lipinski definition) is 1. The normalized spacial score (nSPS) is 14.5. The third-order valence-corrected chi connectivity index (χ3v) is 5.37. The van der Waals surface area contributed by atoms with Gasteiger partial charge in [-0.15, -0.1) is 0 Å². The van der Waals surface area contributed by atoms with E-state index in [0.717, 1.165) is 5.56 Å². The van der Waals surface area contributed by atoms with Crippen LogP contribution in [0, 0.1) is 0 Å². The minimum atomic E-state index is -0.127. The Labute approximate surface area is 187 Å². The van der Waals surface area contributed by atoms with Gasteiger partial charge in [0.05, 0.1) is 31.5 Å². The summed E-state index contributed by atoms with van der Waals surface area (Å²) in [6, 6.07) is 12.6. The summed E-state index contributed by atoms with van der Waals surface area (Å²) in [7, 11) is 3.14. The van der Waals surface area contributed by atoms with Gasteiger partial charge in [-0.3, -0.25) is 14.5 Å². The van der Waals surface area contributed by atoms with Crippen molar-refractivity contribution in [3.8, 4) is 11.5 Å². The van der Waals surface area contributed by atoms with E-state index in [1.54, 1.807) is 43.4 Å². The minimum absolute atomic E-state index is 0.0787. The average molecular weight is 444 g/mol. The van der Waals surface area contributed by atoms with Crippen molar-refractivity contribution < 1.29 is 19.1 Å². The van der Waals surface area contributed by atoms with E-state index in [-0.39, 0.29) is 18.4 Å². The van der Waals surface area contributed by atoms with Crippen LogP contribution >= 0.6 is 11.6 Å². The molecule has 7 nitrogen and oxygen atoms in total. The summed E-state index contributed by atoms with van der Waals surface area (Å²) in [5.41, 5.74) is 1.37. The average Bonchev–Trinajstić information content (AvgIpc) is 2.79. The highest BCUT2D eigenvalue weighted by Gasteiger charge is 2.21. The monoisotopic (exact) mass is 443 g/mol. The molecule has 1 saturated heterocycles. The zero-order chi connectivity index (χ0) is 22.2. The lowest BCUT2D eigenvalue weighted by atomic mass is 10.1. The van der Waals surface area contributed by atoms with Crippen LogP contribution in [0.1, 0.15) is 5.56 Å². The van der Waals surface area contributed by atoms with Gasteiger partial charge in [-0.1, -0.05) is 35.9 Å². The van der Waals surface area contributed by atoms with Crippen LogP contribution in [0.2, 0.25) is 5.02 Å². The minimum Gasteiger partial charge on any atom is -0.493 e. The molecule has 0 unspecified atom stereocenters. The number of ether oxygens (including phenoxy) is 2. The maximum absolute atomic E-state index is 12.6. The highest BCUT2D eigenvalue weighted by molar-refractivity contribution is 6.33. The molecule has 1 fully saturated rings. The second kappa shape index (κ2) is 10.8. The molecule has 0 spiro atoms. The fraction of sp³-hybridized carbons (Fsp3) is 0.304. The number of benzene rings is 2. The largest absolute Gasteiger partial charge is 0.493 e. The first kappa shape index (κ1) is 22.7. The van der Waals surface area contributed by atoms with Gasteiger partial charge in [-0.25, -0.2) is 0 Å². The number of hydrogen-bond acceptors (Lipinski definition) is 5. The molecule has 1 heterocycles. The van der Waals surface area contributed by atoms with Crippen molar-refractivity contribution in [2.45, 2.75) is 0 Å². The molecule has 0 saturated carbocycles. The fourth-order valence-electron chi connectivity index (χ4n) is 3.39. The summed E-state index contributed by atoms with van der Waals surface area (Å²) in [5, 5.41) is 3.33. The zero-order valence-electron chi connectivity index (χ0n) is 17.6. The summed E-state index contributed by atoms with van der Waals surface area (Å²) < 4.78 is 10.7. The molecule has 3 rings (SSSR count). The quantitative estimate of drug-likeness (QED) is 0.665. The molecule has 0 bridgehead atoms. The van der Waals surface area contributed by atoms with Crippen molar-refractivity contribution in [3.05, 3.63) is 59.1 Å². The first-order valence-electron chi connectivity index (χ1n) is 9.96. The number of nitrogens with zero attached hydrogens (tertiary/aromatic N) is 2. The summed E-state index contributed by atoms with van der Waals surface area (Å²) in [5.74, 6) is 0.993. The Hall–Kier alpha value is -3.03. The highest BCUT2D eigenvalue weighted by Crippen LogP contribution is 2.31. The van der Waals surface area contributed by atoms with Gasteiger partial charge in [0.2, 0.25) is 11.8 Å². The molecule has 8 heteroatoms. The van der Waals surface area contributed by atoms with Crippen LogP contribution in [0.3, 0.4) is 0 Å². The Bertz CT molecular complexity index is 956. The summed E-state index contributed by atoms with van der Waals surface area (Å²) in [4.78, 5) is 28.7. The third-order valence-electron chi connectivity index (χ3n) is 5.04. The zero-order valence-corrected chi connectivity index (χ0v) is 18.4. The van der Waals surface area contributed by atoms with E-state index in [1.807, 2.05) is 29.2 Å². The Kier molecular flexibility index (Phi) is 7.92. The van der Waals surface area contributed by atoms with Crippen LogP contribution in [0.4, 0.5) is 5.69 Å². The number of methoxy groups -OCH3 is 2. The van der Waals surface area contributed by atoms with Crippen LogP contribution in [-0.2, 0) is 9.59 Å². The van der Waals surface area contributed by atoms with Crippen molar-refractivity contribution in [2.75, 3.05) is 52.3 Å². The van der Waals surface area contributed by atoms with Gasteiger partial charge in [0, 0.05) is 37.8 Å². The van der Waals surface area contributed by atoms with Crippen LogP contribution in [0.15, 0.2) is 48.5 Å². The number of amides is 2. The van der Waals surface area contributed by atoms with E-state index in [0.29, 0.717) is 48.4 Å². The summed E-state index contributed by atoms with van der Waals surface area (Å²) in [6.45, 7) is 2.61.